The molecule has 0 aliphatic carbocycles. The summed E-state index contributed by atoms with van der Waals surface area (Å²) in [5.74, 6) is 2.61. The van der Waals surface area contributed by atoms with Crippen molar-refractivity contribution in [1.29, 1.82) is 0 Å². The second kappa shape index (κ2) is 4.53. The van der Waals surface area contributed by atoms with Gasteiger partial charge in [-0.05, 0) is 24.6 Å². The van der Waals surface area contributed by atoms with Crippen LogP contribution in [0.15, 0.2) is 24.5 Å². The van der Waals surface area contributed by atoms with Gasteiger partial charge in [-0.3, -0.25) is 10.3 Å². The lowest BCUT2D eigenvalue weighted by Crippen LogP contribution is -2.23. The highest BCUT2D eigenvalue weighted by atomic mass is 14.9. The summed E-state index contributed by atoms with van der Waals surface area (Å²) in [6, 6.07) is 4.06. The number of nitrogens with one attached hydrogen (secondary N) is 1. The van der Waals surface area contributed by atoms with Crippen molar-refractivity contribution in [1.82, 2.24) is 10.3 Å². The molecule has 2 heteroatoms. The summed E-state index contributed by atoms with van der Waals surface area (Å²) in [6.45, 7) is 2.76. The van der Waals surface area contributed by atoms with Crippen LogP contribution in [0.2, 0.25) is 0 Å². The summed E-state index contributed by atoms with van der Waals surface area (Å²) < 4.78 is 0. The first kappa shape index (κ1) is 8.76. The average Bonchev–Trinajstić information content (AvgIpc) is 2.16. The van der Waals surface area contributed by atoms with Crippen LogP contribution in [0.3, 0.4) is 0 Å². The molecule has 1 aromatic heterocycles. The molecule has 62 valence electrons. The Balaban J connectivity index is 2.40. The van der Waals surface area contributed by atoms with Crippen molar-refractivity contribution in [2.75, 3.05) is 0 Å². The van der Waals surface area contributed by atoms with Crippen LogP contribution in [0.4, 0.5) is 0 Å². The first-order valence-corrected chi connectivity index (χ1v) is 3.91. The van der Waals surface area contributed by atoms with Crippen molar-refractivity contribution >= 4 is 0 Å². The summed E-state index contributed by atoms with van der Waals surface area (Å²) in [5, 5.41) is 3.18. The lowest BCUT2D eigenvalue weighted by atomic mass is 10.2. The number of hydrogen-bond acceptors (Lipinski definition) is 2. The molecule has 0 spiro atoms. The molecule has 0 radical (unpaired) electrons. The fourth-order valence-electron chi connectivity index (χ4n) is 0.831. The highest BCUT2D eigenvalue weighted by Gasteiger charge is 1.94. The Hall–Kier alpha value is -1.33. The van der Waals surface area contributed by atoms with Gasteiger partial charge in [-0.1, -0.05) is 5.92 Å². The first-order chi connectivity index (χ1) is 5.83. The second-order valence-electron chi connectivity index (χ2n) is 2.62. The Morgan fingerprint density at radius 1 is 1.58 bits per heavy atom. The highest BCUT2D eigenvalue weighted by Crippen LogP contribution is 1.95. The summed E-state index contributed by atoms with van der Waals surface area (Å²) in [7, 11) is 0. The Morgan fingerprint density at radius 2 is 2.25 bits per heavy atom. The van der Waals surface area contributed by atoms with Crippen LogP contribution in [-0.4, -0.2) is 11.0 Å². The van der Waals surface area contributed by atoms with Gasteiger partial charge in [-0.2, -0.15) is 0 Å². The SMILES string of the molecule is C#CC(C)NCc1ccncc1. The molecular weight excluding hydrogens is 148 g/mol. The van der Waals surface area contributed by atoms with E-state index in [2.05, 4.69) is 16.2 Å². The van der Waals surface area contributed by atoms with Crippen molar-refractivity contribution < 1.29 is 0 Å². The minimum absolute atomic E-state index is 0.123. The molecule has 0 aromatic carbocycles. The predicted molar refractivity (Wildman–Crippen MR) is 49.4 cm³/mol. The second-order valence-corrected chi connectivity index (χ2v) is 2.62. The third-order valence-corrected chi connectivity index (χ3v) is 1.61. The summed E-state index contributed by atoms with van der Waals surface area (Å²) in [4.78, 5) is 3.92. The number of terminal acetylenes is 1. The third kappa shape index (κ3) is 2.73. The van der Waals surface area contributed by atoms with Crippen molar-refractivity contribution in [3.8, 4) is 12.3 Å². The van der Waals surface area contributed by atoms with E-state index in [-0.39, 0.29) is 6.04 Å². The molecular formula is C10H12N2. The van der Waals surface area contributed by atoms with E-state index in [1.165, 1.54) is 5.56 Å². The molecule has 1 heterocycles. The predicted octanol–water partition coefficient (Wildman–Crippen LogP) is 1.19. The Morgan fingerprint density at radius 3 is 2.83 bits per heavy atom. The van der Waals surface area contributed by atoms with Gasteiger partial charge in [0.05, 0.1) is 6.04 Å². The molecule has 1 unspecified atom stereocenters. The van der Waals surface area contributed by atoms with Crippen molar-refractivity contribution in [2.24, 2.45) is 0 Å². The normalized spacial score (nSPS) is 12.0. The van der Waals surface area contributed by atoms with Gasteiger partial charge in [0.1, 0.15) is 0 Å². The maximum atomic E-state index is 5.21. The molecule has 0 aliphatic heterocycles. The van der Waals surface area contributed by atoms with Gasteiger partial charge < -0.3 is 0 Å². The number of rotatable bonds is 3. The zero-order chi connectivity index (χ0) is 8.81. The van der Waals surface area contributed by atoms with E-state index in [1.54, 1.807) is 12.4 Å². The van der Waals surface area contributed by atoms with E-state index < -0.39 is 0 Å². The van der Waals surface area contributed by atoms with Crippen LogP contribution in [0.25, 0.3) is 0 Å². The van der Waals surface area contributed by atoms with E-state index in [9.17, 15) is 0 Å². The Bertz CT molecular complexity index is 261. The molecule has 1 N–H and O–H groups in total. The zero-order valence-corrected chi connectivity index (χ0v) is 7.12. The third-order valence-electron chi connectivity index (χ3n) is 1.61. The first-order valence-electron chi connectivity index (χ1n) is 3.91. The molecule has 1 aromatic rings. The number of nitrogens with zero attached hydrogens (tertiary/aromatic N) is 1. The molecule has 1 atom stereocenters. The minimum Gasteiger partial charge on any atom is -0.300 e. The molecule has 0 saturated carbocycles. The Kier molecular flexibility index (Phi) is 3.31. The van der Waals surface area contributed by atoms with E-state index in [4.69, 9.17) is 6.42 Å². The van der Waals surface area contributed by atoms with Gasteiger partial charge in [-0.15, -0.1) is 6.42 Å². The standard InChI is InChI=1S/C10H12N2/c1-3-9(2)12-8-10-4-6-11-7-5-10/h1,4-7,9,12H,8H2,2H3. The molecule has 0 fully saturated rings. The monoisotopic (exact) mass is 160 g/mol. The fourth-order valence-corrected chi connectivity index (χ4v) is 0.831. The van der Waals surface area contributed by atoms with Crippen molar-refractivity contribution in [3.63, 3.8) is 0 Å². The van der Waals surface area contributed by atoms with Gasteiger partial charge in [0.2, 0.25) is 0 Å². The smallest absolute Gasteiger partial charge is 0.0660 e. The molecule has 0 amide bonds. The summed E-state index contributed by atoms with van der Waals surface area (Å²) in [6.07, 6.45) is 8.76. The largest absolute Gasteiger partial charge is 0.300 e. The fraction of sp³-hybridized carbons (Fsp3) is 0.300. The van der Waals surface area contributed by atoms with Crippen LogP contribution < -0.4 is 5.32 Å². The van der Waals surface area contributed by atoms with Crippen LogP contribution >= 0.6 is 0 Å². The highest BCUT2D eigenvalue weighted by molar-refractivity contribution is 5.10. The van der Waals surface area contributed by atoms with Gasteiger partial charge in [-0.25, -0.2) is 0 Å². The molecule has 0 bridgehead atoms. The van der Waals surface area contributed by atoms with Gasteiger partial charge >= 0.3 is 0 Å². The molecule has 12 heavy (non-hydrogen) atoms. The van der Waals surface area contributed by atoms with Gasteiger partial charge in [0.25, 0.3) is 0 Å². The van der Waals surface area contributed by atoms with Gasteiger partial charge in [0, 0.05) is 18.9 Å². The van der Waals surface area contributed by atoms with Crippen LogP contribution in [0.1, 0.15) is 12.5 Å². The lowest BCUT2D eigenvalue weighted by molar-refractivity contribution is 0.647. The van der Waals surface area contributed by atoms with Crippen LogP contribution in [0, 0.1) is 12.3 Å². The maximum absolute atomic E-state index is 5.21. The molecule has 0 saturated heterocycles. The van der Waals surface area contributed by atoms with Crippen LogP contribution in [-0.2, 0) is 6.54 Å². The van der Waals surface area contributed by atoms with E-state index >= 15 is 0 Å². The summed E-state index contributed by atoms with van der Waals surface area (Å²) in [5.41, 5.74) is 1.20. The minimum atomic E-state index is 0.123. The molecule has 2 nitrogen and oxygen atoms in total. The van der Waals surface area contributed by atoms with Crippen molar-refractivity contribution in [3.05, 3.63) is 30.1 Å². The number of hydrogen-bond donors (Lipinski definition) is 1. The number of aromatic nitrogens is 1. The lowest BCUT2D eigenvalue weighted by Gasteiger charge is -2.06. The van der Waals surface area contributed by atoms with E-state index in [0.717, 1.165) is 6.54 Å². The quantitative estimate of drug-likeness (QED) is 0.672. The molecule has 1 rings (SSSR count). The Labute approximate surface area is 73.0 Å². The van der Waals surface area contributed by atoms with Crippen LogP contribution in [0.5, 0.6) is 0 Å². The molecule has 0 aliphatic rings. The summed E-state index contributed by atoms with van der Waals surface area (Å²) >= 11 is 0. The van der Waals surface area contributed by atoms with Gasteiger partial charge in [0.15, 0.2) is 0 Å². The van der Waals surface area contributed by atoms with E-state index in [1.807, 2.05) is 19.1 Å². The maximum Gasteiger partial charge on any atom is 0.0660 e. The number of pyridine rings is 1. The average molecular weight is 160 g/mol. The topological polar surface area (TPSA) is 24.9 Å². The van der Waals surface area contributed by atoms with Crippen molar-refractivity contribution in [2.45, 2.75) is 19.5 Å². The van der Waals surface area contributed by atoms with E-state index in [0.29, 0.717) is 0 Å². The zero-order valence-electron chi connectivity index (χ0n) is 7.12.